The minimum Gasteiger partial charge on any atom is -0.383 e. The summed E-state index contributed by atoms with van der Waals surface area (Å²) in [5.74, 6) is 0.431. The molecule has 0 aromatic carbocycles. The first-order chi connectivity index (χ1) is 19.3. The van der Waals surface area contributed by atoms with E-state index in [9.17, 15) is 24.9 Å². The number of nitrogens with one attached hydrogen (secondary N) is 2. The average Bonchev–Trinajstić information content (AvgIpc) is 2.93. The zero-order chi connectivity index (χ0) is 28.4. The molecule has 0 atom stereocenters. The van der Waals surface area contributed by atoms with Gasteiger partial charge in [0.1, 0.15) is 23.4 Å². The number of urea groups is 1. The summed E-state index contributed by atoms with van der Waals surface area (Å²) in [7, 11) is 3.45. The second kappa shape index (κ2) is 10.9. The minimum absolute atomic E-state index is 0.0472. The monoisotopic (exact) mass is 543 g/mol. The predicted octanol–water partition coefficient (Wildman–Crippen LogP) is 1.47. The lowest BCUT2D eigenvalue weighted by Crippen LogP contribution is -2.61. The average molecular weight is 544 g/mol. The highest BCUT2D eigenvalue weighted by Crippen LogP contribution is 2.54. The van der Waals surface area contributed by atoms with Crippen molar-refractivity contribution in [2.24, 2.45) is 0 Å². The van der Waals surface area contributed by atoms with Gasteiger partial charge in [-0.3, -0.25) is 24.7 Å². The summed E-state index contributed by atoms with van der Waals surface area (Å²) >= 11 is 0. The van der Waals surface area contributed by atoms with Gasteiger partial charge in [0.15, 0.2) is 6.29 Å². The van der Waals surface area contributed by atoms with Gasteiger partial charge in [0.2, 0.25) is 5.91 Å². The highest BCUT2D eigenvalue weighted by molar-refractivity contribution is 6.03. The fourth-order valence-electron chi connectivity index (χ4n) is 5.47. The van der Waals surface area contributed by atoms with Gasteiger partial charge in [-0.25, -0.2) is 14.8 Å². The van der Waals surface area contributed by atoms with Gasteiger partial charge in [0.05, 0.1) is 35.9 Å². The molecule has 206 valence electrons. The van der Waals surface area contributed by atoms with Gasteiger partial charge in [-0.1, -0.05) is 0 Å². The van der Waals surface area contributed by atoms with Gasteiger partial charge in [0, 0.05) is 62.7 Å². The van der Waals surface area contributed by atoms with Crippen LogP contribution in [0.25, 0.3) is 0 Å². The fourth-order valence-corrected chi connectivity index (χ4v) is 5.47. The second-order valence-electron chi connectivity index (χ2n) is 10.3. The van der Waals surface area contributed by atoms with E-state index < -0.39 is 11.4 Å². The summed E-state index contributed by atoms with van der Waals surface area (Å²) in [6.07, 6.45) is 2.85. The number of nitrogens with zero attached hydrogens (tertiary/aromatic N) is 7. The lowest BCUT2D eigenvalue weighted by Gasteiger charge is -2.53. The Balaban J connectivity index is 1.44. The molecule has 0 spiro atoms. The summed E-state index contributed by atoms with van der Waals surface area (Å²) in [4.78, 5) is 52.1. The van der Waals surface area contributed by atoms with Gasteiger partial charge in [-0.15, -0.1) is 0 Å². The number of methoxy groups -OCH3 is 1. The quantitative estimate of drug-likeness (QED) is 0.367. The Labute approximate surface area is 231 Å². The molecule has 1 saturated heterocycles. The standard InChI is InChI=1S/C27H29N9O4/c1-34-4-5-35(24(38)14-34)13-17-7-20-25(32-22(17)15-37)36(19-9-27(20,10-19)16-29)26(39)33-23-8-21(30-3-6-40-2)18(11-28)12-31-23/h7-8,12,15,19H,3-6,9-10,13-14H2,1-2H3,(H2,30,31,33,39). The van der Waals surface area contributed by atoms with Crippen molar-refractivity contribution >= 4 is 35.5 Å². The largest absolute Gasteiger partial charge is 0.383 e. The van der Waals surface area contributed by atoms with E-state index in [1.165, 1.54) is 11.1 Å². The number of amides is 3. The number of aldehydes is 1. The zero-order valence-corrected chi connectivity index (χ0v) is 22.3. The molecule has 1 saturated carbocycles. The topological polar surface area (TPSA) is 168 Å². The number of aromatic nitrogens is 2. The molecular formula is C27H29N9O4. The molecule has 2 N–H and O–H groups in total. The fraction of sp³-hybridized carbons (Fsp3) is 0.444. The van der Waals surface area contributed by atoms with Crippen LogP contribution in [0.3, 0.4) is 0 Å². The van der Waals surface area contributed by atoms with Crippen molar-refractivity contribution in [3.63, 3.8) is 0 Å². The Kier molecular flexibility index (Phi) is 7.34. The van der Waals surface area contributed by atoms with Gasteiger partial charge in [-0.2, -0.15) is 10.5 Å². The number of carbonyl (C=O) groups excluding carboxylic acids is 3. The van der Waals surface area contributed by atoms with E-state index in [1.807, 2.05) is 11.9 Å². The lowest BCUT2D eigenvalue weighted by atomic mass is 9.59. The van der Waals surface area contributed by atoms with Crippen molar-refractivity contribution in [2.45, 2.75) is 30.8 Å². The van der Waals surface area contributed by atoms with Crippen LogP contribution >= 0.6 is 0 Å². The molecule has 1 aliphatic carbocycles. The van der Waals surface area contributed by atoms with Crippen molar-refractivity contribution in [3.8, 4) is 12.1 Å². The molecule has 2 bridgehead atoms. The van der Waals surface area contributed by atoms with Crippen molar-refractivity contribution in [3.05, 3.63) is 40.7 Å². The molecule has 0 radical (unpaired) electrons. The van der Waals surface area contributed by atoms with Crippen molar-refractivity contribution in [1.29, 1.82) is 10.5 Å². The number of hydrogen-bond acceptors (Lipinski definition) is 10. The lowest BCUT2D eigenvalue weighted by molar-refractivity contribution is -0.136. The number of ether oxygens (including phenoxy) is 1. The number of anilines is 3. The Bertz CT molecular complexity index is 1440. The third kappa shape index (κ3) is 4.81. The number of nitriles is 2. The highest BCUT2D eigenvalue weighted by atomic mass is 16.5. The molecular weight excluding hydrogens is 514 g/mol. The molecule has 40 heavy (non-hydrogen) atoms. The van der Waals surface area contributed by atoms with E-state index >= 15 is 0 Å². The van der Waals surface area contributed by atoms with Crippen molar-refractivity contribution in [1.82, 2.24) is 19.8 Å². The molecule has 0 unspecified atom stereocenters. The maximum Gasteiger partial charge on any atom is 0.328 e. The van der Waals surface area contributed by atoms with Gasteiger partial charge in [-0.05, 0) is 26.0 Å². The van der Waals surface area contributed by atoms with Crippen LogP contribution in [-0.2, 0) is 21.5 Å². The molecule has 3 amide bonds. The van der Waals surface area contributed by atoms with Crippen LogP contribution in [0.5, 0.6) is 0 Å². The smallest absolute Gasteiger partial charge is 0.328 e. The summed E-state index contributed by atoms with van der Waals surface area (Å²) in [5.41, 5.74) is 1.26. The highest BCUT2D eigenvalue weighted by Gasteiger charge is 2.57. The normalized spacial score (nSPS) is 21.5. The molecule has 13 heteroatoms. The van der Waals surface area contributed by atoms with Crippen LogP contribution < -0.4 is 15.5 Å². The molecule has 13 nitrogen and oxygen atoms in total. The van der Waals surface area contributed by atoms with Crippen molar-refractivity contribution < 1.29 is 19.1 Å². The van der Waals surface area contributed by atoms with E-state index in [4.69, 9.17) is 4.74 Å². The molecule has 3 aliphatic heterocycles. The maximum atomic E-state index is 13.6. The molecule has 6 rings (SSSR count). The van der Waals surface area contributed by atoms with Crippen LogP contribution in [0.1, 0.15) is 40.0 Å². The number of rotatable bonds is 8. The van der Waals surface area contributed by atoms with E-state index in [1.54, 1.807) is 24.1 Å². The summed E-state index contributed by atoms with van der Waals surface area (Å²) in [6, 6.07) is 7.01. The van der Waals surface area contributed by atoms with Gasteiger partial charge >= 0.3 is 6.03 Å². The molecule has 2 aromatic rings. The summed E-state index contributed by atoms with van der Waals surface area (Å²) < 4.78 is 5.04. The number of piperazine rings is 1. The summed E-state index contributed by atoms with van der Waals surface area (Å²) in [5, 5.41) is 25.4. The first kappa shape index (κ1) is 27.0. The van der Waals surface area contributed by atoms with Crippen molar-refractivity contribution in [2.75, 3.05) is 62.5 Å². The molecule has 2 fully saturated rings. The zero-order valence-electron chi connectivity index (χ0n) is 22.3. The van der Waals surface area contributed by atoms with E-state index in [0.29, 0.717) is 74.3 Å². The van der Waals surface area contributed by atoms with Crippen LogP contribution in [0.2, 0.25) is 0 Å². The van der Waals surface area contributed by atoms with Crippen LogP contribution in [-0.4, -0.2) is 91.0 Å². The number of carbonyl (C=O) groups is 3. The Morgan fingerprint density at radius 3 is 2.77 bits per heavy atom. The van der Waals surface area contributed by atoms with Gasteiger partial charge in [0.25, 0.3) is 0 Å². The summed E-state index contributed by atoms with van der Waals surface area (Å²) in [6.45, 7) is 2.61. The molecule has 5 heterocycles. The van der Waals surface area contributed by atoms with Crippen LogP contribution in [0, 0.1) is 22.7 Å². The third-order valence-corrected chi connectivity index (χ3v) is 7.69. The van der Waals surface area contributed by atoms with Crippen LogP contribution in [0.4, 0.5) is 22.1 Å². The Hall–Kier alpha value is -4.59. The van der Waals surface area contributed by atoms with E-state index in [-0.39, 0.29) is 35.8 Å². The second-order valence-corrected chi connectivity index (χ2v) is 10.3. The number of hydrogen-bond donors (Lipinski definition) is 2. The first-order valence-electron chi connectivity index (χ1n) is 12.9. The van der Waals surface area contributed by atoms with Crippen LogP contribution in [0.15, 0.2) is 18.3 Å². The first-order valence-corrected chi connectivity index (χ1v) is 12.9. The van der Waals surface area contributed by atoms with Gasteiger partial charge < -0.3 is 15.0 Å². The molecule has 4 aliphatic rings. The predicted molar refractivity (Wildman–Crippen MR) is 144 cm³/mol. The van der Waals surface area contributed by atoms with E-state index in [2.05, 4.69) is 32.7 Å². The minimum atomic E-state index is -0.808. The SMILES string of the molecule is COCCNc1cc(NC(=O)N2c3nc(C=O)c(CN4CCN(C)CC4=O)cc3C3(C#N)CC2C3)ncc1C#N. The number of pyridine rings is 2. The molecule has 2 aromatic heterocycles. The third-order valence-electron chi connectivity index (χ3n) is 7.69. The maximum absolute atomic E-state index is 13.6. The number of likely N-dealkylation sites (N-methyl/N-ethyl adjacent to an activating group) is 1. The van der Waals surface area contributed by atoms with E-state index in [0.717, 1.165) is 0 Å². The Morgan fingerprint density at radius 1 is 1.30 bits per heavy atom. The Morgan fingerprint density at radius 2 is 2.10 bits per heavy atom.